The van der Waals surface area contributed by atoms with E-state index in [1.165, 1.54) is 5.56 Å². The van der Waals surface area contributed by atoms with Crippen molar-refractivity contribution >= 4 is 28.8 Å². The normalized spacial score (nSPS) is 13.5. The number of ether oxygens (including phenoxy) is 1. The smallest absolute Gasteiger partial charge is 0.326 e. The molecule has 1 aliphatic rings. The van der Waals surface area contributed by atoms with E-state index in [9.17, 15) is 9.90 Å². The molecule has 222 valence electrons. The molecule has 0 spiro atoms. The maximum atomic E-state index is 12.2. The van der Waals surface area contributed by atoms with Crippen molar-refractivity contribution in [1.82, 2.24) is 24.4 Å². The molecule has 0 saturated heterocycles. The first kappa shape index (κ1) is 29.3. The van der Waals surface area contributed by atoms with Gasteiger partial charge in [-0.1, -0.05) is 18.2 Å². The molecule has 10 heteroatoms. The van der Waals surface area contributed by atoms with Crippen LogP contribution in [0.3, 0.4) is 0 Å². The van der Waals surface area contributed by atoms with Crippen LogP contribution in [-0.4, -0.2) is 74.3 Å². The van der Waals surface area contributed by atoms with Gasteiger partial charge < -0.3 is 25.0 Å². The summed E-state index contributed by atoms with van der Waals surface area (Å²) in [4.78, 5) is 28.3. The molecule has 0 fully saturated rings. The van der Waals surface area contributed by atoms with Crippen molar-refractivity contribution in [2.45, 2.75) is 51.5 Å². The Balaban J connectivity index is 1.18. The lowest BCUT2D eigenvalue weighted by Crippen LogP contribution is -2.37. The predicted octanol–water partition coefficient (Wildman–Crippen LogP) is 4.69. The number of aliphatic carboxylic acids is 1. The summed E-state index contributed by atoms with van der Waals surface area (Å²) in [6.07, 6.45) is 7.34. The van der Waals surface area contributed by atoms with E-state index < -0.39 is 12.0 Å². The van der Waals surface area contributed by atoms with Gasteiger partial charge in [-0.3, -0.25) is 9.88 Å². The van der Waals surface area contributed by atoms with Crippen LogP contribution in [0.5, 0.6) is 5.75 Å². The van der Waals surface area contributed by atoms with Crippen LogP contribution in [0.15, 0.2) is 54.7 Å². The fourth-order valence-corrected chi connectivity index (χ4v) is 5.39. The van der Waals surface area contributed by atoms with Gasteiger partial charge in [-0.25, -0.2) is 14.8 Å². The van der Waals surface area contributed by atoms with Crippen LogP contribution < -0.4 is 15.4 Å². The van der Waals surface area contributed by atoms with Gasteiger partial charge >= 0.3 is 5.97 Å². The summed E-state index contributed by atoms with van der Waals surface area (Å²) in [5.74, 6) is 1.47. The van der Waals surface area contributed by atoms with Gasteiger partial charge in [-0.2, -0.15) is 0 Å². The number of hydrogen-bond donors (Lipinski definition) is 3. The number of para-hydroxylation sites is 2. The Bertz CT molecular complexity index is 1490. The molecule has 3 aromatic heterocycles. The maximum Gasteiger partial charge on any atom is 0.326 e. The lowest BCUT2D eigenvalue weighted by atomic mass is 10.1. The van der Waals surface area contributed by atoms with Crippen LogP contribution in [-0.2, 0) is 24.7 Å². The third-order valence-corrected chi connectivity index (χ3v) is 7.86. The number of aryl methyl sites for hydroxylation is 4. The fraction of sp³-hybridized carbons (Fsp3) is 0.438. The highest BCUT2D eigenvalue weighted by Gasteiger charge is 2.21. The second kappa shape index (κ2) is 14.1. The summed E-state index contributed by atoms with van der Waals surface area (Å²) in [5.41, 5.74) is 5.06. The average Bonchev–Trinajstić information content (AvgIpc) is 3.32. The molecule has 5 rings (SSSR count). The van der Waals surface area contributed by atoms with Gasteiger partial charge in [0.05, 0.1) is 16.7 Å². The van der Waals surface area contributed by atoms with E-state index in [0.717, 1.165) is 79.2 Å². The van der Waals surface area contributed by atoms with Crippen LogP contribution >= 0.6 is 0 Å². The van der Waals surface area contributed by atoms with Crippen molar-refractivity contribution in [2.24, 2.45) is 7.05 Å². The molecule has 3 N–H and O–H groups in total. The van der Waals surface area contributed by atoms with Crippen LogP contribution in [0.4, 0.5) is 11.8 Å². The van der Waals surface area contributed by atoms with Gasteiger partial charge in [0.1, 0.15) is 24.2 Å². The summed E-state index contributed by atoms with van der Waals surface area (Å²) in [6, 6.07) is 15.2. The van der Waals surface area contributed by atoms with Gasteiger partial charge in [0.15, 0.2) is 0 Å². The van der Waals surface area contributed by atoms with Crippen molar-refractivity contribution < 1.29 is 14.6 Å². The second-order valence-corrected chi connectivity index (χ2v) is 10.9. The zero-order chi connectivity index (χ0) is 29.3. The highest BCUT2D eigenvalue weighted by atomic mass is 16.5. The second-order valence-electron chi connectivity index (χ2n) is 10.9. The van der Waals surface area contributed by atoms with Gasteiger partial charge in [0, 0.05) is 38.6 Å². The number of nitrogens with one attached hydrogen (secondary N) is 2. The number of benzene rings is 1. The summed E-state index contributed by atoms with van der Waals surface area (Å²) < 4.78 is 7.93. The lowest BCUT2D eigenvalue weighted by Gasteiger charge is -2.25. The zero-order valence-corrected chi connectivity index (χ0v) is 24.6. The topological polar surface area (TPSA) is 117 Å². The number of rotatable bonds is 15. The molecular weight excluding hydrogens is 530 g/mol. The molecule has 0 bridgehead atoms. The summed E-state index contributed by atoms with van der Waals surface area (Å²) in [6.45, 7) is 5.57. The molecule has 0 aliphatic carbocycles. The molecule has 4 aromatic rings. The number of hydrogen-bond acceptors (Lipinski definition) is 8. The van der Waals surface area contributed by atoms with Crippen molar-refractivity contribution in [2.75, 3.05) is 43.4 Å². The number of carboxylic acids is 1. The molecule has 0 amide bonds. The van der Waals surface area contributed by atoms with Crippen LogP contribution in [0.1, 0.15) is 42.6 Å². The van der Waals surface area contributed by atoms with E-state index in [2.05, 4.69) is 37.6 Å². The van der Waals surface area contributed by atoms with E-state index in [0.29, 0.717) is 32.1 Å². The Morgan fingerprint density at radius 1 is 1.12 bits per heavy atom. The number of pyridine rings is 2. The van der Waals surface area contributed by atoms with Crippen LogP contribution in [0.25, 0.3) is 11.0 Å². The van der Waals surface area contributed by atoms with Crippen molar-refractivity contribution in [3.63, 3.8) is 0 Å². The molecule has 1 aliphatic heterocycles. The first-order valence-corrected chi connectivity index (χ1v) is 14.9. The fourth-order valence-electron chi connectivity index (χ4n) is 5.39. The SMILES string of the molecule is Cc1ncccc1OCCN(CCCCc1ccc2c(n1)NCCC2)CCC(Nc1nc2ccccc2n1C)C(=O)O. The third kappa shape index (κ3) is 7.55. The number of anilines is 2. The number of imidazole rings is 1. The van der Waals surface area contributed by atoms with E-state index in [1.54, 1.807) is 6.20 Å². The zero-order valence-electron chi connectivity index (χ0n) is 24.6. The molecular formula is C32H41N7O3. The summed E-state index contributed by atoms with van der Waals surface area (Å²) in [5, 5.41) is 16.6. The van der Waals surface area contributed by atoms with Crippen LogP contribution in [0, 0.1) is 6.92 Å². The predicted molar refractivity (Wildman–Crippen MR) is 165 cm³/mol. The van der Waals surface area contributed by atoms with E-state index in [1.807, 2.05) is 54.9 Å². The minimum absolute atomic E-state index is 0.433. The summed E-state index contributed by atoms with van der Waals surface area (Å²) in [7, 11) is 1.90. The van der Waals surface area contributed by atoms with Gasteiger partial charge in [-0.05, 0) is 87.9 Å². The first-order chi connectivity index (χ1) is 20.5. The molecule has 0 saturated carbocycles. The number of fused-ring (bicyclic) bond motifs is 2. The van der Waals surface area contributed by atoms with Gasteiger partial charge in [0.25, 0.3) is 0 Å². The lowest BCUT2D eigenvalue weighted by molar-refractivity contribution is -0.138. The Labute approximate surface area is 247 Å². The van der Waals surface area contributed by atoms with E-state index >= 15 is 0 Å². The van der Waals surface area contributed by atoms with Gasteiger partial charge in [0.2, 0.25) is 5.95 Å². The molecule has 1 atom stereocenters. The highest BCUT2D eigenvalue weighted by molar-refractivity contribution is 5.81. The molecule has 0 radical (unpaired) electrons. The Kier molecular flexibility index (Phi) is 9.86. The van der Waals surface area contributed by atoms with Crippen LogP contribution in [0.2, 0.25) is 0 Å². The molecule has 1 unspecified atom stereocenters. The molecule has 10 nitrogen and oxygen atoms in total. The standard InChI is InChI=1S/C32H41N7O3/c1-23-29(13-8-17-33-23)42-22-21-39(19-6-5-10-25-15-14-24-9-7-18-34-30(24)35-25)20-16-27(31(40)41)37-32-36-26-11-3-4-12-28(26)38(32)2/h3-4,8,11-15,17,27H,5-7,9-10,16,18-22H2,1-2H3,(H,34,35)(H,36,37)(H,40,41). The van der Waals surface area contributed by atoms with Crippen molar-refractivity contribution in [3.05, 3.63) is 71.7 Å². The Morgan fingerprint density at radius 2 is 2.00 bits per heavy atom. The average molecular weight is 572 g/mol. The van der Waals surface area contributed by atoms with E-state index in [4.69, 9.17) is 9.72 Å². The minimum atomic E-state index is -0.892. The Morgan fingerprint density at radius 3 is 2.83 bits per heavy atom. The molecule has 1 aromatic carbocycles. The number of carbonyl (C=O) groups is 1. The Hall–Kier alpha value is -4.18. The monoisotopic (exact) mass is 571 g/mol. The first-order valence-electron chi connectivity index (χ1n) is 14.9. The number of aromatic nitrogens is 4. The molecule has 42 heavy (non-hydrogen) atoms. The number of carboxylic acid groups (broad SMARTS) is 1. The van der Waals surface area contributed by atoms with Crippen molar-refractivity contribution in [3.8, 4) is 5.75 Å². The highest BCUT2D eigenvalue weighted by Crippen LogP contribution is 2.21. The van der Waals surface area contributed by atoms with E-state index in [-0.39, 0.29) is 0 Å². The minimum Gasteiger partial charge on any atom is -0.490 e. The number of nitrogens with zero attached hydrogens (tertiary/aromatic N) is 5. The number of unbranched alkanes of at least 4 members (excludes halogenated alkanes) is 1. The molecule has 4 heterocycles. The van der Waals surface area contributed by atoms with Gasteiger partial charge in [-0.15, -0.1) is 0 Å². The quantitative estimate of drug-likeness (QED) is 0.175. The summed E-state index contributed by atoms with van der Waals surface area (Å²) >= 11 is 0. The van der Waals surface area contributed by atoms with Crippen molar-refractivity contribution in [1.29, 1.82) is 0 Å². The third-order valence-electron chi connectivity index (χ3n) is 7.86. The largest absolute Gasteiger partial charge is 0.490 e. The maximum absolute atomic E-state index is 12.2.